The minimum atomic E-state index is -0.639. The third kappa shape index (κ3) is 2.88. The van der Waals surface area contributed by atoms with Gasteiger partial charge in [-0.2, -0.15) is 5.10 Å². The zero-order valence-electron chi connectivity index (χ0n) is 14.4. The molecule has 8 heteroatoms. The lowest BCUT2D eigenvalue weighted by Crippen LogP contribution is -2.41. The molecule has 8 nitrogen and oxygen atoms in total. The Hall–Kier alpha value is -3.00. The average Bonchev–Trinajstić information content (AvgIpc) is 3.08. The predicted molar refractivity (Wildman–Crippen MR) is 94.3 cm³/mol. The molecular weight excluding hydrogens is 334 g/mol. The van der Waals surface area contributed by atoms with Crippen molar-refractivity contribution in [1.29, 1.82) is 0 Å². The third-order valence-corrected chi connectivity index (χ3v) is 4.63. The van der Waals surface area contributed by atoms with E-state index in [-0.39, 0.29) is 18.0 Å². The van der Waals surface area contributed by atoms with E-state index in [1.807, 2.05) is 16.8 Å². The number of aliphatic hydroxyl groups is 1. The summed E-state index contributed by atoms with van der Waals surface area (Å²) in [7, 11) is 0. The minimum Gasteiger partial charge on any atom is -0.387 e. The topological polar surface area (TPSA) is 93.2 Å². The molecule has 0 bridgehead atoms. The third-order valence-electron chi connectivity index (χ3n) is 4.63. The van der Waals surface area contributed by atoms with E-state index in [2.05, 4.69) is 10.1 Å². The molecule has 1 aliphatic heterocycles. The molecule has 3 aromatic rings. The second kappa shape index (κ2) is 6.38. The SMILES string of the molecule is C[C@@H](O)c1cc2n(n1)CCN(C(=O)Cn1cnc3ccccc3c1=O)C2. The lowest BCUT2D eigenvalue weighted by molar-refractivity contribution is -0.133. The van der Waals surface area contributed by atoms with Crippen molar-refractivity contribution in [3.8, 4) is 0 Å². The van der Waals surface area contributed by atoms with Crippen LogP contribution in [0.4, 0.5) is 0 Å². The van der Waals surface area contributed by atoms with E-state index in [1.165, 1.54) is 10.9 Å². The van der Waals surface area contributed by atoms with Crippen LogP contribution in [0.15, 0.2) is 41.5 Å². The van der Waals surface area contributed by atoms with Crippen molar-refractivity contribution >= 4 is 16.8 Å². The number of aliphatic hydroxyl groups excluding tert-OH is 1. The van der Waals surface area contributed by atoms with Crippen LogP contribution >= 0.6 is 0 Å². The van der Waals surface area contributed by atoms with E-state index >= 15 is 0 Å². The highest BCUT2D eigenvalue weighted by Gasteiger charge is 2.23. The molecule has 1 aromatic carbocycles. The predicted octanol–water partition coefficient (Wildman–Crippen LogP) is 0.689. The molecule has 4 rings (SSSR count). The molecule has 0 aliphatic carbocycles. The molecule has 2 aromatic heterocycles. The van der Waals surface area contributed by atoms with E-state index in [0.29, 0.717) is 36.2 Å². The molecule has 1 atom stereocenters. The average molecular weight is 353 g/mol. The number of carbonyl (C=O) groups excluding carboxylic acids is 1. The number of para-hydroxylation sites is 1. The number of hydrogen-bond donors (Lipinski definition) is 1. The number of fused-ring (bicyclic) bond motifs is 2. The highest BCUT2D eigenvalue weighted by atomic mass is 16.3. The van der Waals surface area contributed by atoms with Crippen LogP contribution < -0.4 is 5.56 Å². The molecule has 1 aliphatic rings. The monoisotopic (exact) mass is 353 g/mol. The number of amides is 1. The van der Waals surface area contributed by atoms with Crippen LogP contribution in [0.3, 0.4) is 0 Å². The zero-order chi connectivity index (χ0) is 18.3. The Morgan fingerprint density at radius 1 is 1.31 bits per heavy atom. The van der Waals surface area contributed by atoms with Gasteiger partial charge in [0, 0.05) is 6.54 Å². The van der Waals surface area contributed by atoms with Crippen LogP contribution in [0.5, 0.6) is 0 Å². The minimum absolute atomic E-state index is 0.0476. The summed E-state index contributed by atoms with van der Waals surface area (Å²) in [5, 5.41) is 14.5. The summed E-state index contributed by atoms with van der Waals surface area (Å²) in [4.78, 5) is 31.1. The summed E-state index contributed by atoms with van der Waals surface area (Å²) in [6, 6.07) is 8.90. The number of rotatable bonds is 3. The summed E-state index contributed by atoms with van der Waals surface area (Å²) < 4.78 is 3.16. The Labute approximate surface area is 149 Å². The van der Waals surface area contributed by atoms with Gasteiger partial charge < -0.3 is 10.0 Å². The first-order valence-corrected chi connectivity index (χ1v) is 8.49. The molecule has 0 saturated carbocycles. The summed E-state index contributed by atoms with van der Waals surface area (Å²) in [6.07, 6.45) is 0.780. The summed E-state index contributed by atoms with van der Waals surface area (Å²) >= 11 is 0. The number of nitrogens with zero attached hydrogens (tertiary/aromatic N) is 5. The quantitative estimate of drug-likeness (QED) is 0.748. The van der Waals surface area contributed by atoms with E-state index < -0.39 is 6.10 Å². The molecule has 0 saturated heterocycles. The fraction of sp³-hybridized carbons (Fsp3) is 0.333. The molecule has 134 valence electrons. The van der Waals surface area contributed by atoms with Crippen LogP contribution in [0.1, 0.15) is 24.4 Å². The lowest BCUT2D eigenvalue weighted by Gasteiger charge is -2.27. The van der Waals surface area contributed by atoms with Gasteiger partial charge in [0.15, 0.2) is 0 Å². The van der Waals surface area contributed by atoms with E-state index in [4.69, 9.17) is 0 Å². The van der Waals surface area contributed by atoms with Crippen molar-refractivity contribution in [2.24, 2.45) is 0 Å². The molecular formula is C18H19N5O3. The Bertz CT molecular complexity index is 1040. The van der Waals surface area contributed by atoms with Crippen molar-refractivity contribution in [3.05, 3.63) is 58.4 Å². The highest BCUT2D eigenvalue weighted by Crippen LogP contribution is 2.18. The molecule has 1 amide bonds. The molecule has 3 heterocycles. The van der Waals surface area contributed by atoms with Gasteiger partial charge in [-0.15, -0.1) is 0 Å². The Morgan fingerprint density at radius 2 is 2.12 bits per heavy atom. The molecule has 0 spiro atoms. The van der Waals surface area contributed by atoms with E-state index in [0.717, 1.165) is 5.69 Å². The van der Waals surface area contributed by atoms with Crippen molar-refractivity contribution in [1.82, 2.24) is 24.2 Å². The first-order valence-electron chi connectivity index (χ1n) is 8.49. The fourth-order valence-electron chi connectivity index (χ4n) is 3.17. The van der Waals surface area contributed by atoms with Gasteiger partial charge in [-0.05, 0) is 25.1 Å². The Morgan fingerprint density at radius 3 is 2.92 bits per heavy atom. The normalized spacial score (nSPS) is 15.1. The highest BCUT2D eigenvalue weighted by molar-refractivity contribution is 5.79. The van der Waals surface area contributed by atoms with Crippen LogP contribution in [0.2, 0.25) is 0 Å². The Kier molecular flexibility index (Phi) is 4.04. The van der Waals surface area contributed by atoms with E-state index in [1.54, 1.807) is 30.0 Å². The maximum absolute atomic E-state index is 12.7. The molecule has 0 fully saturated rings. The van der Waals surface area contributed by atoms with Crippen molar-refractivity contribution in [2.75, 3.05) is 6.54 Å². The van der Waals surface area contributed by atoms with Gasteiger partial charge in [0.1, 0.15) is 6.54 Å². The first-order chi connectivity index (χ1) is 12.5. The Balaban J connectivity index is 1.54. The van der Waals surface area contributed by atoms with Gasteiger partial charge in [0.05, 0.1) is 47.8 Å². The van der Waals surface area contributed by atoms with Gasteiger partial charge in [0.2, 0.25) is 5.91 Å². The maximum Gasteiger partial charge on any atom is 0.261 e. The van der Waals surface area contributed by atoms with Crippen molar-refractivity contribution in [3.63, 3.8) is 0 Å². The number of benzene rings is 1. The first kappa shape index (κ1) is 16.5. The second-order valence-corrected chi connectivity index (χ2v) is 6.47. The largest absolute Gasteiger partial charge is 0.387 e. The van der Waals surface area contributed by atoms with Crippen molar-refractivity contribution < 1.29 is 9.90 Å². The smallest absolute Gasteiger partial charge is 0.261 e. The molecule has 0 radical (unpaired) electrons. The summed E-state index contributed by atoms with van der Waals surface area (Å²) in [5.41, 5.74) is 1.88. The van der Waals surface area contributed by atoms with Gasteiger partial charge in [-0.1, -0.05) is 12.1 Å². The number of hydrogen-bond acceptors (Lipinski definition) is 5. The molecule has 1 N–H and O–H groups in total. The van der Waals surface area contributed by atoms with Crippen LogP contribution in [0.25, 0.3) is 10.9 Å². The van der Waals surface area contributed by atoms with Gasteiger partial charge in [-0.25, -0.2) is 4.98 Å². The van der Waals surface area contributed by atoms with Crippen LogP contribution in [-0.4, -0.2) is 41.8 Å². The van der Waals surface area contributed by atoms with Crippen molar-refractivity contribution in [2.45, 2.75) is 32.7 Å². The van der Waals surface area contributed by atoms with Crippen LogP contribution in [-0.2, 0) is 24.4 Å². The van der Waals surface area contributed by atoms with Gasteiger partial charge in [0.25, 0.3) is 5.56 Å². The zero-order valence-corrected chi connectivity index (χ0v) is 14.4. The summed E-state index contributed by atoms with van der Waals surface area (Å²) in [5.74, 6) is -0.143. The fourth-order valence-corrected chi connectivity index (χ4v) is 3.17. The number of aromatic nitrogens is 4. The second-order valence-electron chi connectivity index (χ2n) is 6.47. The van der Waals surface area contributed by atoms with Crippen LogP contribution in [0, 0.1) is 0 Å². The lowest BCUT2D eigenvalue weighted by atomic mass is 10.2. The van der Waals surface area contributed by atoms with E-state index in [9.17, 15) is 14.7 Å². The van der Waals surface area contributed by atoms with Gasteiger partial charge in [-0.3, -0.25) is 18.8 Å². The molecule has 0 unspecified atom stereocenters. The number of carbonyl (C=O) groups is 1. The van der Waals surface area contributed by atoms with Gasteiger partial charge >= 0.3 is 0 Å². The summed E-state index contributed by atoms with van der Waals surface area (Å²) in [6.45, 7) is 3.11. The standard InChI is InChI=1S/C18H19N5O3/c1-12(24)16-8-13-9-21(6-7-23(13)20-16)17(25)10-22-11-19-15-5-3-2-4-14(15)18(22)26/h2-5,8,11-12,24H,6-7,9-10H2,1H3/t12-/m1/s1. The molecule has 26 heavy (non-hydrogen) atoms. The maximum atomic E-state index is 12.7.